The summed E-state index contributed by atoms with van der Waals surface area (Å²) in [4.78, 5) is 13.6. The first-order valence-electron chi connectivity index (χ1n) is 8.05. The summed E-state index contributed by atoms with van der Waals surface area (Å²) in [7, 11) is -4.11. The van der Waals surface area contributed by atoms with Crippen LogP contribution < -0.4 is 13.8 Å². The third kappa shape index (κ3) is 4.53. The fourth-order valence-corrected chi connectivity index (χ4v) is 5.09. The molecular weight excluding hydrogens is 382 g/mol. The van der Waals surface area contributed by atoms with E-state index in [0.29, 0.717) is 10.8 Å². The van der Waals surface area contributed by atoms with E-state index in [1.807, 2.05) is 19.0 Å². The van der Waals surface area contributed by atoms with E-state index in [9.17, 15) is 21.6 Å². The molecule has 1 fully saturated rings. The number of hydrogen-bond acceptors (Lipinski definition) is 7. The van der Waals surface area contributed by atoms with Crippen molar-refractivity contribution >= 4 is 31.6 Å². The van der Waals surface area contributed by atoms with E-state index in [4.69, 9.17) is 4.74 Å². The molecule has 1 saturated heterocycles. The minimum atomic E-state index is -3.95. The minimum Gasteiger partial charge on any atom is -0.492 e. The van der Waals surface area contributed by atoms with Crippen LogP contribution in [0.1, 0.15) is 13.3 Å². The van der Waals surface area contributed by atoms with Crippen LogP contribution >= 0.6 is 0 Å². The van der Waals surface area contributed by atoms with Crippen molar-refractivity contribution in [1.29, 1.82) is 0 Å². The zero-order valence-electron chi connectivity index (χ0n) is 14.9. The average Bonchev–Trinajstić information content (AvgIpc) is 2.81. The van der Waals surface area contributed by atoms with Crippen molar-refractivity contribution in [3.8, 4) is 5.75 Å². The van der Waals surface area contributed by atoms with Gasteiger partial charge in [0.15, 0.2) is 0 Å². The van der Waals surface area contributed by atoms with E-state index < -0.39 is 26.0 Å². The summed E-state index contributed by atoms with van der Waals surface area (Å²) in [5, 5.41) is 0. The van der Waals surface area contributed by atoms with Gasteiger partial charge >= 0.3 is 0 Å². The van der Waals surface area contributed by atoms with Crippen molar-refractivity contribution in [2.75, 3.05) is 43.8 Å². The van der Waals surface area contributed by atoms with Gasteiger partial charge in [0, 0.05) is 19.5 Å². The molecule has 9 nitrogen and oxygen atoms in total. The van der Waals surface area contributed by atoms with Crippen LogP contribution in [-0.4, -0.2) is 67.2 Å². The van der Waals surface area contributed by atoms with Gasteiger partial charge < -0.3 is 9.64 Å². The topological polar surface area (TPSA) is 113 Å². The Balaban J connectivity index is 2.44. The van der Waals surface area contributed by atoms with Gasteiger partial charge in [-0.2, -0.15) is 0 Å². The fourth-order valence-electron chi connectivity index (χ4n) is 2.46. The number of ether oxygens (including phenoxy) is 1. The summed E-state index contributed by atoms with van der Waals surface area (Å²) in [6.45, 7) is 2.60. The van der Waals surface area contributed by atoms with Crippen LogP contribution in [0.15, 0.2) is 23.1 Å². The molecule has 1 N–H and O–H groups in total. The van der Waals surface area contributed by atoms with Gasteiger partial charge in [-0.3, -0.25) is 4.79 Å². The van der Waals surface area contributed by atoms with Crippen molar-refractivity contribution in [2.45, 2.75) is 18.2 Å². The van der Waals surface area contributed by atoms with E-state index in [2.05, 4.69) is 4.72 Å². The number of amides is 1. The zero-order valence-corrected chi connectivity index (χ0v) is 16.6. The Bertz CT molecular complexity index is 881. The van der Waals surface area contributed by atoms with Crippen molar-refractivity contribution in [3.63, 3.8) is 0 Å². The second-order valence-corrected chi connectivity index (χ2v) is 9.66. The highest BCUT2D eigenvalue weighted by molar-refractivity contribution is 7.94. The van der Waals surface area contributed by atoms with E-state index in [1.54, 1.807) is 6.92 Å². The van der Waals surface area contributed by atoms with E-state index in [0.717, 1.165) is 6.07 Å². The van der Waals surface area contributed by atoms with E-state index in [1.165, 1.54) is 12.1 Å². The molecule has 1 heterocycles. The Morgan fingerprint density at radius 3 is 2.54 bits per heavy atom. The molecule has 2 rings (SSSR count). The molecule has 0 atom stereocenters. The monoisotopic (exact) mass is 405 g/mol. The molecule has 0 aliphatic carbocycles. The van der Waals surface area contributed by atoms with Crippen LogP contribution in [0, 0.1) is 0 Å². The second kappa shape index (κ2) is 7.91. The maximum atomic E-state index is 12.7. The van der Waals surface area contributed by atoms with Gasteiger partial charge in [-0.05, 0) is 39.2 Å². The molecular formula is C15H23N3O6S2. The maximum absolute atomic E-state index is 12.7. The number of carbonyl (C=O) groups excluding carboxylic acids is 1. The first kappa shape index (κ1) is 20.6. The summed E-state index contributed by atoms with van der Waals surface area (Å²) in [6.07, 6.45) is -0.126. The third-order valence-corrected chi connectivity index (χ3v) is 6.85. The lowest BCUT2D eigenvalue weighted by Crippen LogP contribution is -2.32. The summed E-state index contributed by atoms with van der Waals surface area (Å²) >= 11 is 0. The first-order valence-corrected chi connectivity index (χ1v) is 11.1. The molecule has 146 valence electrons. The van der Waals surface area contributed by atoms with Gasteiger partial charge in [-0.25, -0.2) is 25.9 Å². The Kier molecular flexibility index (Phi) is 6.27. The number of rotatable bonds is 8. The summed E-state index contributed by atoms with van der Waals surface area (Å²) in [5.74, 6) is -0.780. The number of anilines is 1. The Morgan fingerprint density at radius 1 is 1.31 bits per heavy atom. The average molecular weight is 405 g/mol. The number of sulfonamides is 2. The quantitative estimate of drug-likeness (QED) is 0.647. The van der Waals surface area contributed by atoms with Crippen LogP contribution in [0.3, 0.4) is 0 Å². The van der Waals surface area contributed by atoms with Crippen LogP contribution in [0.25, 0.3) is 0 Å². The molecule has 0 bridgehead atoms. The van der Waals surface area contributed by atoms with E-state index in [-0.39, 0.29) is 41.7 Å². The molecule has 26 heavy (non-hydrogen) atoms. The van der Waals surface area contributed by atoms with Crippen LogP contribution in [-0.2, 0) is 24.8 Å². The fraction of sp³-hybridized carbons (Fsp3) is 0.533. The lowest BCUT2D eigenvalue weighted by Gasteiger charge is -2.18. The predicted molar refractivity (Wildman–Crippen MR) is 97.2 cm³/mol. The van der Waals surface area contributed by atoms with Crippen molar-refractivity contribution in [1.82, 2.24) is 9.62 Å². The zero-order chi connectivity index (χ0) is 19.5. The Morgan fingerprint density at radius 2 is 2.00 bits per heavy atom. The normalized spacial score (nSPS) is 17.1. The van der Waals surface area contributed by atoms with Crippen LogP contribution in [0.2, 0.25) is 0 Å². The van der Waals surface area contributed by atoms with Gasteiger partial charge in [0.25, 0.3) is 0 Å². The second-order valence-electron chi connectivity index (χ2n) is 5.99. The molecule has 0 spiro atoms. The Hall–Kier alpha value is -1.69. The summed E-state index contributed by atoms with van der Waals surface area (Å²) in [6, 6.07) is 3.88. The molecule has 1 aliphatic heterocycles. The van der Waals surface area contributed by atoms with Gasteiger partial charge in [0.1, 0.15) is 10.6 Å². The minimum absolute atomic E-state index is 0.0102. The number of nitrogens with zero attached hydrogens (tertiary/aromatic N) is 2. The van der Waals surface area contributed by atoms with Gasteiger partial charge in [-0.15, -0.1) is 0 Å². The van der Waals surface area contributed by atoms with Crippen molar-refractivity contribution in [3.05, 3.63) is 18.2 Å². The van der Waals surface area contributed by atoms with E-state index >= 15 is 0 Å². The van der Waals surface area contributed by atoms with Crippen LogP contribution in [0.5, 0.6) is 5.75 Å². The molecule has 0 radical (unpaired) electrons. The highest BCUT2D eigenvalue weighted by atomic mass is 32.2. The van der Waals surface area contributed by atoms with Crippen molar-refractivity contribution in [2.24, 2.45) is 0 Å². The number of hydrogen-bond donors (Lipinski definition) is 1. The molecule has 0 aromatic heterocycles. The predicted octanol–water partition coefficient (Wildman–Crippen LogP) is -0.00830. The highest BCUT2D eigenvalue weighted by Crippen LogP contribution is 2.32. The van der Waals surface area contributed by atoms with Crippen molar-refractivity contribution < 1.29 is 26.4 Å². The maximum Gasteiger partial charge on any atom is 0.244 e. The lowest BCUT2D eigenvalue weighted by molar-refractivity contribution is -0.116. The van der Waals surface area contributed by atoms with Crippen LogP contribution in [0.4, 0.5) is 5.69 Å². The lowest BCUT2D eigenvalue weighted by atomic mass is 10.3. The van der Waals surface area contributed by atoms with Gasteiger partial charge in [-0.1, -0.05) is 0 Å². The number of likely N-dealkylation sites (N-methyl/N-ethyl adjacent to an activating group) is 1. The smallest absolute Gasteiger partial charge is 0.244 e. The number of benzene rings is 1. The molecule has 1 aliphatic rings. The molecule has 1 aromatic rings. The number of carbonyl (C=O) groups is 1. The summed E-state index contributed by atoms with van der Waals surface area (Å²) < 4.78 is 58.0. The largest absolute Gasteiger partial charge is 0.492 e. The molecule has 1 amide bonds. The summed E-state index contributed by atoms with van der Waals surface area (Å²) in [5.41, 5.74) is -0.0102. The first-order chi connectivity index (χ1) is 12.1. The SMILES string of the molecule is CCOc1ccc(N2C(=O)CCS2(=O)=O)cc1S(=O)(=O)NCCN(C)C. The van der Waals surface area contributed by atoms with Gasteiger partial charge in [0.05, 0.1) is 18.0 Å². The molecule has 1 aromatic carbocycles. The molecule has 11 heteroatoms. The standard InChI is InChI=1S/C15H23N3O6S2/c1-4-24-13-6-5-12(18-15(19)7-10-25(18,20)21)11-14(13)26(22,23)16-8-9-17(2)3/h5-6,11,16H,4,7-10H2,1-3H3. The third-order valence-electron chi connectivity index (χ3n) is 3.68. The Labute approximate surface area is 154 Å². The van der Waals surface area contributed by atoms with Gasteiger partial charge in [0.2, 0.25) is 26.0 Å². The molecule has 0 unspecified atom stereocenters. The number of nitrogens with one attached hydrogen (secondary N) is 1. The molecule has 0 saturated carbocycles. The highest BCUT2D eigenvalue weighted by Gasteiger charge is 2.37.